The van der Waals surface area contributed by atoms with Gasteiger partial charge < -0.3 is 0 Å². The van der Waals surface area contributed by atoms with E-state index in [0.29, 0.717) is 4.88 Å². The summed E-state index contributed by atoms with van der Waals surface area (Å²) in [6, 6.07) is 7.74. The van der Waals surface area contributed by atoms with Gasteiger partial charge in [0.2, 0.25) is 0 Å². The van der Waals surface area contributed by atoms with Gasteiger partial charge in [0.25, 0.3) is 6.29 Å². The molecule has 75 valence electrons. The summed E-state index contributed by atoms with van der Waals surface area (Å²) in [4.78, 5) is 20.8. The van der Waals surface area contributed by atoms with Crippen LogP contribution in [-0.4, -0.2) is 11.2 Å². The molecule has 1 aromatic heterocycles. The Bertz CT molecular complexity index is 487. The number of carbonyl (C=O) groups excluding carboxylic acids is 1. The number of fused-ring (bicyclic) bond motifs is 1. The molecule has 0 saturated carbocycles. The smallest absolute Gasteiger partial charge is 0.282 e. The molecule has 1 aromatic carbocycles. The van der Waals surface area contributed by atoms with Gasteiger partial charge in [-0.3, -0.25) is 14.9 Å². The number of nitrogens with zero attached hydrogens (tertiary/aromatic N) is 1. The highest BCUT2D eigenvalue weighted by Crippen LogP contribution is 2.30. The van der Waals surface area contributed by atoms with E-state index in [1.165, 1.54) is 17.6 Å². The molecule has 4 nitrogen and oxygen atoms in total. The Morgan fingerprint density at radius 3 is 2.73 bits per heavy atom. The Hall–Kier alpha value is -1.75. The number of hydrogen-bond acceptors (Lipinski definition) is 4. The number of benzene rings is 1. The molecule has 0 aliphatic rings. The van der Waals surface area contributed by atoms with E-state index in [-0.39, 0.29) is 0 Å². The zero-order chi connectivity index (χ0) is 10.8. The molecule has 1 heterocycles. The van der Waals surface area contributed by atoms with Gasteiger partial charge in [-0.25, -0.2) is 0 Å². The second-order valence-corrected chi connectivity index (χ2v) is 4.11. The van der Waals surface area contributed by atoms with Crippen LogP contribution in [0.2, 0.25) is 0 Å². The molecular weight excluding hydrogens is 214 g/mol. The van der Waals surface area contributed by atoms with E-state index in [9.17, 15) is 14.9 Å². The summed E-state index contributed by atoms with van der Waals surface area (Å²) >= 11 is 1.25. The van der Waals surface area contributed by atoms with Gasteiger partial charge in [-0.2, -0.15) is 0 Å². The van der Waals surface area contributed by atoms with E-state index < -0.39 is 11.0 Å². The van der Waals surface area contributed by atoms with Gasteiger partial charge in [0, 0.05) is 9.62 Å². The summed E-state index contributed by atoms with van der Waals surface area (Å²) in [5.74, 6) is 0. The Kier molecular flexibility index (Phi) is 2.47. The molecule has 0 spiro atoms. The highest BCUT2D eigenvalue weighted by molar-refractivity contribution is 7.19. The maximum Gasteiger partial charge on any atom is 0.312 e. The molecule has 2 aromatic rings. The van der Waals surface area contributed by atoms with E-state index in [4.69, 9.17) is 0 Å². The largest absolute Gasteiger partial charge is 0.312 e. The van der Waals surface area contributed by atoms with Crippen molar-refractivity contribution in [2.75, 3.05) is 0 Å². The third kappa shape index (κ3) is 1.73. The van der Waals surface area contributed by atoms with Crippen LogP contribution in [0, 0.1) is 10.1 Å². The molecule has 2 rings (SSSR count). The molecule has 0 aliphatic carbocycles. The van der Waals surface area contributed by atoms with E-state index in [2.05, 4.69) is 0 Å². The first kappa shape index (κ1) is 9.79. The minimum Gasteiger partial charge on any atom is -0.282 e. The monoisotopic (exact) mass is 220 g/mol. The van der Waals surface area contributed by atoms with Crippen LogP contribution < -0.4 is 0 Å². The zero-order valence-corrected chi connectivity index (χ0v) is 8.36. The van der Waals surface area contributed by atoms with Crippen molar-refractivity contribution in [2.45, 2.75) is 6.04 Å². The Balaban J connectivity index is 2.52. The number of nitro groups is 1. The lowest BCUT2D eigenvalue weighted by Crippen LogP contribution is -2.09. The fourth-order valence-corrected chi connectivity index (χ4v) is 2.42. The van der Waals surface area contributed by atoms with Gasteiger partial charge in [0.05, 0.1) is 4.88 Å². The van der Waals surface area contributed by atoms with Gasteiger partial charge >= 0.3 is 6.04 Å². The average Bonchev–Trinajstić information content (AvgIpc) is 2.61. The predicted molar refractivity (Wildman–Crippen MR) is 57.3 cm³/mol. The highest BCUT2D eigenvalue weighted by Gasteiger charge is 2.25. The second kappa shape index (κ2) is 3.78. The van der Waals surface area contributed by atoms with E-state index in [1.807, 2.05) is 24.3 Å². The first-order valence-corrected chi connectivity index (χ1v) is 5.03. The van der Waals surface area contributed by atoms with E-state index in [1.54, 1.807) is 6.07 Å². The van der Waals surface area contributed by atoms with Crippen molar-refractivity contribution in [2.24, 2.45) is 0 Å². The number of rotatable bonds is 3. The lowest BCUT2D eigenvalue weighted by atomic mass is 10.2. The first-order valence-electron chi connectivity index (χ1n) is 4.22. The summed E-state index contributed by atoms with van der Waals surface area (Å²) in [7, 11) is 0. The highest BCUT2D eigenvalue weighted by atomic mass is 32.1. The van der Waals surface area contributed by atoms with Crippen molar-refractivity contribution < 1.29 is 9.72 Å². The molecule has 1 atom stereocenters. The maximum absolute atomic E-state index is 10.6. The lowest BCUT2D eigenvalue weighted by molar-refractivity contribution is -0.507. The topological polar surface area (TPSA) is 60.2 Å². The van der Waals surface area contributed by atoms with Crippen LogP contribution in [-0.2, 0) is 4.79 Å². The number of thiophene rings is 1. The molecular formula is C10H6NO3S. The summed E-state index contributed by atoms with van der Waals surface area (Å²) in [5.41, 5.74) is 0. The first-order chi connectivity index (χ1) is 7.22. The maximum atomic E-state index is 10.6. The Labute approximate surface area is 89.3 Å². The van der Waals surface area contributed by atoms with Gasteiger partial charge in [0.15, 0.2) is 0 Å². The molecule has 0 saturated heterocycles. The molecule has 1 unspecified atom stereocenters. The van der Waals surface area contributed by atoms with E-state index >= 15 is 0 Å². The van der Waals surface area contributed by atoms with Crippen LogP contribution in [0.4, 0.5) is 0 Å². The standard InChI is InChI=1S/C10H6NO3S/c12-6-8(11(13)14)10-5-7-3-1-2-4-9(7)15-10/h1-5,8H. The van der Waals surface area contributed by atoms with Crippen LogP contribution in [0.1, 0.15) is 10.9 Å². The molecule has 0 aliphatic heterocycles. The molecule has 1 radical (unpaired) electrons. The van der Waals surface area contributed by atoms with Gasteiger partial charge in [-0.1, -0.05) is 18.2 Å². The minimum absolute atomic E-state index is 0.427. The Morgan fingerprint density at radius 2 is 2.13 bits per heavy atom. The third-order valence-electron chi connectivity index (χ3n) is 2.04. The van der Waals surface area contributed by atoms with Gasteiger partial charge in [-0.15, -0.1) is 11.3 Å². The molecule has 5 heteroatoms. The molecule has 0 N–H and O–H groups in total. The number of hydrogen-bond donors (Lipinski definition) is 0. The van der Waals surface area contributed by atoms with Crippen LogP contribution in [0.3, 0.4) is 0 Å². The molecule has 0 bridgehead atoms. The fraction of sp³-hybridized carbons (Fsp3) is 0.100. The summed E-state index contributed by atoms with van der Waals surface area (Å²) in [6.07, 6.45) is 1.44. The van der Waals surface area contributed by atoms with Crippen LogP contribution >= 0.6 is 11.3 Å². The third-order valence-corrected chi connectivity index (χ3v) is 3.21. The summed E-state index contributed by atoms with van der Waals surface area (Å²) < 4.78 is 0.939. The van der Waals surface area contributed by atoms with Crippen molar-refractivity contribution >= 4 is 27.7 Å². The summed E-state index contributed by atoms with van der Waals surface area (Å²) in [6.45, 7) is 0. The van der Waals surface area contributed by atoms with Crippen molar-refractivity contribution in [1.29, 1.82) is 0 Å². The van der Waals surface area contributed by atoms with Gasteiger partial charge in [0.1, 0.15) is 0 Å². The SMILES string of the molecule is O=[C]C(c1cc2ccccc2s1)[N+](=O)[O-]. The normalized spacial score (nSPS) is 12.5. The zero-order valence-electron chi connectivity index (χ0n) is 7.54. The minimum atomic E-state index is -1.36. The van der Waals surface area contributed by atoms with Crippen molar-refractivity contribution in [3.8, 4) is 0 Å². The average molecular weight is 220 g/mol. The van der Waals surface area contributed by atoms with Gasteiger partial charge in [-0.05, 0) is 17.5 Å². The Morgan fingerprint density at radius 1 is 1.40 bits per heavy atom. The second-order valence-electron chi connectivity index (χ2n) is 2.99. The molecule has 0 amide bonds. The van der Waals surface area contributed by atoms with Crippen molar-refractivity contribution in [3.05, 3.63) is 45.3 Å². The predicted octanol–water partition coefficient (Wildman–Crippen LogP) is 2.33. The van der Waals surface area contributed by atoms with Crippen molar-refractivity contribution in [1.82, 2.24) is 0 Å². The van der Waals surface area contributed by atoms with Crippen LogP contribution in [0.5, 0.6) is 0 Å². The quantitative estimate of drug-likeness (QED) is 0.589. The van der Waals surface area contributed by atoms with Crippen LogP contribution in [0.15, 0.2) is 30.3 Å². The van der Waals surface area contributed by atoms with E-state index in [0.717, 1.165) is 10.1 Å². The van der Waals surface area contributed by atoms with Crippen molar-refractivity contribution in [3.63, 3.8) is 0 Å². The summed E-state index contributed by atoms with van der Waals surface area (Å²) in [5, 5.41) is 11.5. The molecule has 15 heavy (non-hydrogen) atoms. The lowest BCUT2D eigenvalue weighted by Gasteiger charge is -1.95. The molecule has 0 fully saturated rings. The van der Waals surface area contributed by atoms with Crippen LogP contribution in [0.25, 0.3) is 10.1 Å². The fourth-order valence-electron chi connectivity index (χ4n) is 1.34.